The molecule has 0 fully saturated rings. The maximum absolute atomic E-state index is 13.1. The minimum Gasteiger partial charge on any atom is -0.350 e. The molecule has 4 rings (SSSR count). The smallest absolute Gasteiger partial charge is 0.272 e. The van der Waals surface area contributed by atoms with Crippen molar-refractivity contribution < 1.29 is 14.4 Å². The lowest BCUT2D eigenvalue weighted by Gasteiger charge is -2.40. The fourth-order valence-electron chi connectivity index (χ4n) is 4.08. The largest absolute Gasteiger partial charge is 0.350 e. The Morgan fingerprint density at radius 2 is 1.54 bits per heavy atom. The van der Waals surface area contributed by atoms with E-state index in [0.29, 0.717) is 13.1 Å². The predicted octanol–water partition coefficient (Wildman–Crippen LogP) is 2.84. The molecule has 2 N–H and O–H groups in total. The van der Waals surface area contributed by atoms with Crippen molar-refractivity contribution in [2.24, 2.45) is 0 Å². The van der Waals surface area contributed by atoms with Crippen LogP contribution >= 0.6 is 0 Å². The summed E-state index contributed by atoms with van der Waals surface area (Å²) in [5, 5.41) is 10.1. The summed E-state index contributed by atoms with van der Waals surface area (Å²) in [5.41, 5.74) is 3.62. The molecule has 1 unspecified atom stereocenters. The average molecular weight is 474 g/mol. The molecule has 1 aliphatic rings. The molecule has 3 amide bonds. The zero-order valence-electron chi connectivity index (χ0n) is 20.6. The van der Waals surface area contributed by atoms with Crippen LogP contribution in [0.5, 0.6) is 0 Å². The van der Waals surface area contributed by atoms with Crippen LogP contribution in [0.25, 0.3) is 0 Å². The van der Waals surface area contributed by atoms with Crippen LogP contribution in [0.4, 0.5) is 0 Å². The quantitative estimate of drug-likeness (QED) is 0.552. The van der Waals surface area contributed by atoms with E-state index in [9.17, 15) is 14.4 Å². The molecule has 1 aromatic heterocycles. The second kappa shape index (κ2) is 9.74. The first-order chi connectivity index (χ1) is 16.7. The first-order valence-corrected chi connectivity index (χ1v) is 11.8. The normalized spacial score (nSPS) is 17.1. The summed E-state index contributed by atoms with van der Waals surface area (Å²) in [6.07, 6.45) is 0.957. The number of fused-ring (bicyclic) bond motifs is 1. The lowest BCUT2D eigenvalue weighted by molar-refractivity contribution is -0.132. The number of aryl methyl sites for hydroxylation is 2. The molecule has 2 aromatic carbocycles. The first kappa shape index (κ1) is 24.2. The van der Waals surface area contributed by atoms with Crippen molar-refractivity contribution in [2.45, 2.75) is 52.4 Å². The second-order valence-electron chi connectivity index (χ2n) is 9.23. The topological polar surface area (TPSA) is 96.3 Å². The molecular weight excluding hydrogens is 442 g/mol. The summed E-state index contributed by atoms with van der Waals surface area (Å²) < 4.78 is 1.46. The van der Waals surface area contributed by atoms with Crippen molar-refractivity contribution in [3.63, 3.8) is 0 Å². The molecule has 2 heterocycles. The Labute approximate surface area is 205 Å². The third-order valence-corrected chi connectivity index (χ3v) is 6.68. The van der Waals surface area contributed by atoms with Gasteiger partial charge in [-0.2, -0.15) is 5.10 Å². The zero-order chi connectivity index (χ0) is 25.2. The van der Waals surface area contributed by atoms with Gasteiger partial charge in [0.15, 0.2) is 5.69 Å². The molecular formula is C27H31N5O3. The fraction of sp³-hybridized carbons (Fsp3) is 0.333. The van der Waals surface area contributed by atoms with Crippen LogP contribution in [0, 0.1) is 6.92 Å². The van der Waals surface area contributed by atoms with E-state index in [4.69, 9.17) is 0 Å². The van der Waals surface area contributed by atoms with Crippen LogP contribution in [-0.4, -0.2) is 45.0 Å². The molecule has 0 aliphatic carbocycles. The maximum Gasteiger partial charge on any atom is 0.272 e. The summed E-state index contributed by atoms with van der Waals surface area (Å²) in [6, 6.07) is 17.4. The van der Waals surface area contributed by atoms with Gasteiger partial charge >= 0.3 is 0 Å². The number of rotatable bonds is 7. The number of nitrogens with zero attached hydrogens (tertiary/aromatic N) is 3. The number of benzene rings is 2. The van der Waals surface area contributed by atoms with Crippen molar-refractivity contribution in [1.82, 2.24) is 25.3 Å². The van der Waals surface area contributed by atoms with Crippen molar-refractivity contribution in [3.8, 4) is 0 Å². The Morgan fingerprint density at radius 3 is 2.17 bits per heavy atom. The lowest BCUT2D eigenvalue weighted by Crippen LogP contribution is -2.62. The number of carbonyl (C=O) groups is 3. The highest BCUT2D eigenvalue weighted by atomic mass is 16.2. The van der Waals surface area contributed by atoms with Gasteiger partial charge in [-0.05, 0) is 37.0 Å². The summed E-state index contributed by atoms with van der Waals surface area (Å²) in [6.45, 7) is 6.67. The van der Waals surface area contributed by atoms with Gasteiger partial charge in [0.05, 0.1) is 6.54 Å². The van der Waals surface area contributed by atoms with Crippen LogP contribution in [0.2, 0.25) is 0 Å². The van der Waals surface area contributed by atoms with Gasteiger partial charge in [0, 0.05) is 26.2 Å². The van der Waals surface area contributed by atoms with Gasteiger partial charge in [0.2, 0.25) is 5.91 Å². The Hall–Kier alpha value is -3.94. The van der Waals surface area contributed by atoms with Gasteiger partial charge in [0.1, 0.15) is 11.2 Å². The summed E-state index contributed by atoms with van der Waals surface area (Å²) >= 11 is 0. The van der Waals surface area contributed by atoms with Gasteiger partial charge in [-0.3, -0.25) is 19.1 Å². The Kier molecular flexibility index (Phi) is 6.73. The number of aromatic nitrogens is 2. The number of amides is 3. The van der Waals surface area contributed by atoms with E-state index in [2.05, 4.69) is 22.7 Å². The molecule has 3 aromatic rings. The van der Waals surface area contributed by atoms with Gasteiger partial charge in [-0.1, -0.05) is 61.0 Å². The Morgan fingerprint density at radius 1 is 0.971 bits per heavy atom. The maximum atomic E-state index is 13.1. The van der Waals surface area contributed by atoms with E-state index in [1.54, 1.807) is 14.0 Å². The molecule has 8 heteroatoms. The standard InChI is InChI=1S/C27H31N5O3/c1-5-19-10-12-21(13-11-19)15-28-24(33)22-14-23-25(34)31(4)27(3,17-32(23)30-22)26(35)29-16-20-8-6-18(2)7-9-20/h6-14H,5,15-17H2,1-4H3,(H,28,33)(H,29,35). The van der Waals surface area contributed by atoms with E-state index >= 15 is 0 Å². The summed E-state index contributed by atoms with van der Waals surface area (Å²) in [5.74, 6) is -1.00. The van der Waals surface area contributed by atoms with Crippen LogP contribution in [0.3, 0.4) is 0 Å². The zero-order valence-corrected chi connectivity index (χ0v) is 20.6. The van der Waals surface area contributed by atoms with Crippen molar-refractivity contribution in [3.05, 3.63) is 88.2 Å². The first-order valence-electron chi connectivity index (χ1n) is 11.8. The molecule has 1 atom stereocenters. The van der Waals surface area contributed by atoms with Gasteiger partial charge in [0.25, 0.3) is 11.8 Å². The second-order valence-corrected chi connectivity index (χ2v) is 9.23. The van der Waals surface area contributed by atoms with E-state index in [1.165, 1.54) is 21.2 Å². The van der Waals surface area contributed by atoms with Crippen molar-refractivity contribution >= 4 is 17.7 Å². The third kappa shape index (κ3) is 4.96. The van der Waals surface area contributed by atoms with Gasteiger partial charge in [-0.25, -0.2) is 0 Å². The highest BCUT2D eigenvalue weighted by Gasteiger charge is 2.46. The SMILES string of the molecule is CCc1ccc(CNC(=O)c2cc3n(n2)CC(C)(C(=O)NCc2ccc(C)cc2)N(C)C3=O)cc1. The monoisotopic (exact) mass is 473 g/mol. The number of hydrogen-bond acceptors (Lipinski definition) is 4. The predicted molar refractivity (Wildman–Crippen MR) is 133 cm³/mol. The highest BCUT2D eigenvalue weighted by molar-refractivity contribution is 6.01. The molecule has 0 spiro atoms. The third-order valence-electron chi connectivity index (χ3n) is 6.68. The molecule has 0 saturated carbocycles. The average Bonchev–Trinajstić information content (AvgIpc) is 3.29. The molecule has 182 valence electrons. The molecule has 35 heavy (non-hydrogen) atoms. The molecule has 0 saturated heterocycles. The van der Waals surface area contributed by atoms with Crippen LogP contribution < -0.4 is 10.6 Å². The summed E-state index contributed by atoms with van der Waals surface area (Å²) in [4.78, 5) is 40.4. The van der Waals surface area contributed by atoms with Gasteiger partial charge < -0.3 is 15.5 Å². The molecule has 0 radical (unpaired) electrons. The van der Waals surface area contributed by atoms with E-state index in [0.717, 1.165) is 23.1 Å². The van der Waals surface area contributed by atoms with Gasteiger partial charge in [-0.15, -0.1) is 0 Å². The summed E-state index contributed by atoms with van der Waals surface area (Å²) in [7, 11) is 1.60. The molecule has 0 bridgehead atoms. The Bertz CT molecular complexity index is 1250. The molecule has 8 nitrogen and oxygen atoms in total. The number of likely N-dealkylation sites (N-methyl/N-ethyl adjacent to an activating group) is 1. The number of hydrogen-bond donors (Lipinski definition) is 2. The highest BCUT2D eigenvalue weighted by Crippen LogP contribution is 2.26. The van der Waals surface area contributed by atoms with E-state index in [-0.39, 0.29) is 35.7 Å². The minimum atomic E-state index is -1.14. The lowest BCUT2D eigenvalue weighted by atomic mass is 9.95. The minimum absolute atomic E-state index is 0.149. The van der Waals surface area contributed by atoms with Crippen molar-refractivity contribution in [1.29, 1.82) is 0 Å². The van der Waals surface area contributed by atoms with E-state index < -0.39 is 5.54 Å². The Balaban J connectivity index is 1.44. The fourth-order valence-corrected chi connectivity index (χ4v) is 4.08. The van der Waals surface area contributed by atoms with Crippen molar-refractivity contribution in [2.75, 3.05) is 7.05 Å². The molecule has 1 aliphatic heterocycles. The number of nitrogens with one attached hydrogen (secondary N) is 2. The van der Waals surface area contributed by atoms with E-state index in [1.807, 2.05) is 55.5 Å². The van der Waals surface area contributed by atoms with Crippen LogP contribution in [-0.2, 0) is 30.8 Å². The van der Waals surface area contributed by atoms with Crippen LogP contribution in [0.1, 0.15) is 57.1 Å². The number of carbonyl (C=O) groups excluding carboxylic acids is 3. The van der Waals surface area contributed by atoms with Crippen LogP contribution in [0.15, 0.2) is 54.6 Å².